The topological polar surface area (TPSA) is 17.1 Å². The first-order chi connectivity index (χ1) is 2.83. The number of carbonyl (C=O) groups excluding carboxylic acids is 1. The molecule has 0 aromatic heterocycles. The van der Waals surface area contributed by atoms with Crippen LogP contribution in [-0.2, 0) is 4.79 Å². The molecule has 0 radical (unpaired) electrons. The lowest BCUT2D eigenvalue weighted by Gasteiger charge is -1.24. The molecule has 0 amide bonds. The van der Waals surface area contributed by atoms with Crippen LogP contribution in [-0.4, -0.2) is 5.62 Å². The van der Waals surface area contributed by atoms with Crippen LogP contribution in [0, 0.1) is 0 Å². The van der Waals surface area contributed by atoms with Crippen molar-refractivity contribution in [3.05, 3.63) is 18.9 Å². The SMILES string of the molecule is C=C=C.O=CS. The summed E-state index contributed by atoms with van der Waals surface area (Å²) in [6, 6.07) is 0. The van der Waals surface area contributed by atoms with Crippen molar-refractivity contribution in [1.82, 2.24) is 0 Å². The van der Waals surface area contributed by atoms with E-state index >= 15 is 0 Å². The molecule has 0 heterocycles. The zero-order valence-corrected chi connectivity index (χ0v) is 4.24. The Morgan fingerprint density at radius 2 is 1.67 bits per heavy atom. The first-order valence-electron chi connectivity index (χ1n) is 1.20. The minimum absolute atomic E-state index is 0.444. The summed E-state index contributed by atoms with van der Waals surface area (Å²) in [5.41, 5.74) is 2.69. The molecule has 0 atom stereocenters. The Morgan fingerprint density at radius 3 is 1.67 bits per heavy atom. The quantitative estimate of drug-likeness (QED) is 0.275. The van der Waals surface area contributed by atoms with Crippen molar-refractivity contribution in [2.45, 2.75) is 0 Å². The fourth-order valence-corrected chi connectivity index (χ4v) is 0. The third kappa shape index (κ3) is 108. The summed E-state index contributed by atoms with van der Waals surface area (Å²) in [6.07, 6.45) is 0. The summed E-state index contributed by atoms with van der Waals surface area (Å²) in [5.74, 6) is 0. The maximum Gasteiger partial charge on any atom is 0.173 e. The second kappa shape index (κ2) is 24.0. The standard InChI is InChI=1S/C3H4.CH2OS/c1-3-2;2-1-3/h1-2H2;1H,(H,2,3). The third-order valence-corrected chi connectivity index (χ3v) is 0. The minimum atomic E-state index is 0.444. The number of hydrogen-bond donors (Lipinski definition) is 1. The van der Waals surface area contributed by atoms with Crippen LogP contribution in [0.3, 0.4) is 0 Å². The van der Waals surface area contributed by atoms with Gasteiger partial charge in [0.15, 0.2) is 5.62 Å². The largest absolute Gasteiger partial charge is 0.291 e. The van der Waals surface area contributed by atoms with E-state index in [0.717, 1.165) is 0 Å². The second-order valence-corrected chi connectivity index (χ2v) is 0.566. The number of rotatable bonds is 0. The minimum Gasteiger partial charge on any atom is -0.291 e. The molecule has 0 aliphatic carbocycles. The van der Waals surface area contributed by atoms with Crippen LogP contribution >= 0.6 is 12.6 Å². The van der Waals surface area contributed by atoms with E-state index in [1.165, 1.54) is 0 Å². The zero-order chi connectivity index (χ0) is 5.41. The molecule has 0 rings (SSSR count). The average molecular weight is 102 g/mol. The van der Waals surface area contributed by atoms with Gasteiger partial charge in [-0.1, -0.05) is 13.2 Å². The van der Waals surface area contributed by atoms with Gasteiger partial charge in [0.2, 0.25) is 0 Å². The van der Waals surface area contributed by atoms with Gasteiger partial charge in [0, 0.05) is 0 Å². The van der Waals surface area contributed by atoms with Gasteiger partial charge in [-0.05, 0) is 0 Å². The molecule has 0 aliphatic rings. The molecule has 0 unspecified atom stereocenters. The maximum absolute atomic E-state index is 8.67. The van der Waals surface area contributed by atoms with Gasteiger partial charge < -0.3 is 0 Å². The molecule has 0 aromatic carbocycles. The highest BCUT2D eigenvalue weighted by atomic mass is 32.1. The van der Waals surface area contributed by atoms with Crippen LogP contribution in [0.4, 0.5) is 0 Å². The van der Waals surface area contributed by atoms with Crippen LogP contribution in [0.5, 0.6) is 0 Å². The number of carbonyl (C=O) groups is 1. The molecule has 34 valence electrons. The van der Waals surface area contributed by atoms with Crippen molar-refractivity contribution in [3.63, 3.8) is 0 Å². The van der Waals surface area contributed by atoms with Crippen molar-refractivity contribution < 1.29 is 4.79 Å². The highest BCUT2D eigenvalue weighted by molar-refractivity contribution is 7.94. The smallest absolute Gasteiger partial charge is 0.173 e. The molecule has 0 fully saturated rings. The van der Waals surface area contributed by atoms with Gasteiger partial charge in [-0.15, -0.1) is 18.4 Å². The van der Waals surface area contributed by atoms with Crippen molar-refractivity contribution in [3.8, 4) is 0 Å². The van der Waals surface area contributed by atoms with Crippen LogP contribution in [0.15, 0.2) is 18.9 Å². The highest BCUT2D eigenvalue weighted by Gasteiger charge is 1.24. The fourth-order valence-electron chi connectivity index (χ4n) is 0. The van der Waals surface area contributed by atoms with E-state index in [9.17, 15) is 0 Å². The lowest BCUT2D eigenvalue weighted by atomic mass is 11.0. The molecule has 0 saturated heterocycles. The van der Waals surface area contributed by atoms with E-state index in [1.807, 2.05) is 0 Å². The Morgan fingerprint density at radius 1 is 1.67 bits per heavy atom. The zero-order valence-electron chi connectivity index (χ0n) is 3.35. The van der Waals surface area contributed by atoms with E-state index < -0.39 is 0 Å². The third-order valence-electron chi connectivity index (χ3n) is 0. The fraction of sp³-hybridized carbons (Fsp3) is 0. The molecule has 6 heavy (non-hydrogen) atoms. The van der Waals surface area contributed by atoms with Gasteiger partial charge in [-0.25, -0.2) is 0 Å². The molecule has 0 aliphatic heterocycles. The first kappa shape index (κ1) is 9.11. The van der Waals surface area contributed by atoms with Crippen LogP contribution in [0.2, 0.25) is 0 Å². The second-order valence-electron chi connectivity index (χ2n) is 0.355. The molecular formula is C4H6OS. The van der Waals surface area contributed by atoms with Crippen molar-refractivity contribution in [1.29, 1.82) is 0 Å². The molecule has 0 saturated carbocycles. The Balaban J connectivity index is 0. The predicted molar refractivity (Wildman–Crippen MR) is 30.5 cm³/mol. The van der Waals surface area contributed by atoms with Gasteiger partial charge in [0.05, 0.1) is 0 Å². The summed E-state index contributed by atoms with van der Waals surface area (Å²) < 4.78 is 0. The molecular weight excluding hydrogens is 96.1 g/mol. The van der Waals surface area contributed by atoms with E-state index in [2.05, 4.69) is 31.5 Å². The van der Waals surface area contributed by atoms with Gasteiger partial charge in [-0.3, -0.25) is 4.79 Å². The highest BCUT2D eigenvalue weighted by Crippen LogP contribution is 1.39. The number of thiol groups is 1. The molecule has 0 spiro atoms. The van der Waals surface area contributed by atoms with Gasteiger partial charge >= 0.3 is 0 Å². The van der Waals surface area contributed by atoms with Gasteiger partial charge in [0.25, 0.3) is 0 Å². The molecule has 0 aromatic rings. The lowest BCUT2D eigenvalue weighted by molar-refractivity contribution is 0.570. The maximum atomic E-state index is 8.67. The summed E-state index contributed by atoms with van der Waals surface area (Å²) >= 11 is 3.11. The van der Waals surface area contributed by atoms with E-state index in [1.54, 1.807) is 0 Å². The Kier molecular flexibility index (Phi) is 36.4. The van der Waals surface area contributed by atoms with Crippen molar-refractivity contribution >= 4 is 18.2 Å². The van der Waals surface area contributed by atoms with E-state index in [4.69, 9.17) is 4.79 Å². The van der Waals surface area contributed by atoms with E-state index in [0.29, 0.717) is 5.62 Å². The Labute approximate surface area is 42.8 Å². The lowest BCUT2D eigenvalue weighted by Crippen LogP contribution is -1.25. The number of hydrogen-bond acceptors (Lipinski definition) is 1. The first-order valence-corrected chi connectivity index (χ1v) is 1.72. The predicted octanol–water partition coefficient (Wildman–Crippen LogP) is 1.06. The van der Waals surface area contributed by atoms with Crippen molar-refractivity contribution in [2.24, 2.45) is 0 Å². The van der Waals surface area contributed by atoms with Gasteiger partial charge in [0.1, 0.15) is 0 Å². The van der Waals surface area contributed by atoms with Crippen LogP contribution < -0.4 is 0 Å². The Bertz CT molecular complexity index is 52.6. The molecule has 0 bridgehead atoms. The molecule has 0 N–H and O–H groups in total. The summed E-state index contributed by atoms with van der Waals surface area (Å²) in [5, 5.41) is 0. The molecule has 1 nitrogen and oxygen atoms in total. The van der Waals surface area contributed by atoms with Crippen LogP contribution in [0.1, 0.15) is 0 Å². The average Bonchev–Trinajstić information content (AvgIpc) is 1.39. The summed E-state index contributed by atoms with van der Waals surface area (Å²) in [4.78, 5) is 8.67. The molecule has 2 heteroatoms. The van der Waals surface area contributed by atoms with Crippen LogP contribution in [0.25, 0.3) is 0 Å². The normalized spacial score (nSPS) is 3.50. The summed E-state index contributed by atoms with van der Waals surface area (Å²) in [6.45, 7) is 6.25. The van der Waals surface area contributed by atoms with Gasteiger partial charge in [-0.2, -0.15) is 0 Å². The van der Waals surface area contributed by atoms with Crippen molar-refractivity contribution in [2.75, 3.05) is 0 Å². The monoisotopic (exact) mass is 102 g/mol. The van der Waals surface area contributed by atoms with E-state index in [-0.39, 0.29) is 0 Å². The Hall–Kier alpha value is -0.460. The summed E-state index contributed by atoms with van der Waals surface area (Å²) in [7, 11) is 0.